The molecule has 8 aromatic rings. The third-order valence-corrected chi connectivity index (χ3v) is 15.1. The fourth-order valence-electron chi connectivity index (χ4n) is 8.54. The third kappa shape index (κ3) is 15.4. The number of amidine groups is 1. The molecule has 0 radical (unpaired) electrons. The van der Waals surface area contributed by atoms with E-state index in [2.05, 4.69) is 31.4 Å². The van der Waals surface area contributed by atoms with Gasteiger partial charge >= 0.3 is 0 Å². The van der Waals surface area contributed by atoms with E-state index in [0.29, 0.717) is 69.4 Å². The second-order valence-corrected chi connectivity index (χ2v) is 22.6. The zero-order chi connectivity index (χ0) is 56.9. The van der Waals surface area contributed by atoms with Crippen molar-refractivity contribution in [3.8, 4) is 39.8 Å². The van der Waals surface area contributed by atoms with Crippen LogP contribution in [0, 0.1) is 30.6 Å². The number of nitrogen functional groups attached to an aromatic ring is 1. The Kier molecular flexibility index (Phi) is 19.0. The monoisotopic (exact) mass is 1100 g/mol. The molecular weight excluding hydrogens is 1040 g/mol. The number of rotatable bonds is 20. The number of primary sulfonamides is 1. The van der Waals surface area contributed by atoms with Crippen LogP contribution < -0.4 is 35.7 Å². The smallest absolute Gasteiger partial charge is 0.241 e. The summed E-state index contributed by atoms with van der Waals surface area (Å²) in [6.07, 6.45) is 3.42. The molecule has 0 fully saturated rings. The highest BCUT2D eigenvalue weighted by Gasteiger charge is 2.25. The molecule has 0 saturated heterocycles. The Morgan fingerprint density at radius 3 is 1.56 bits per heavy atom. The van der Waals surface area contributed by atoms with E-state index in [1.54, 1.807) is 79.1 Å². The van der Waals surface area contributed by atoms with Crippen LogP contribution >= 0.6 is 0 Å². The van der Waals surface area contributed by atoms with Crippen LogP contribution in [0.5, 0.6) is 11.5 Å². The molecule has 0 atom stereocenters. The highest BCUT2D eigenvalue weighted by Crippen LogP contribution is 2.33. The van der Waals surface area contributed by atoms with E-state index in [1.807, 2.05) is 107 Å². The summed E-state index contributed by atoms with van der Waals surface area (Å²) in [5.41, 5.74) is 16.2. The molecule has 79 heavy (non-hydrogen) atoms. The molecule has 0 unspecified atom stereocenters. The average molecular weight is 1100 g/mol. The SMILES string of the molecule is Cc1ncc(CNc2ccc(-c3ccccc3S(=O)(=O)NC(C)(C)C)cc2)c(CO)c1OCc1cccc(C#N)c1.Cc1ncc(CNc2ccc(-c3ccccc3S(N)(=O)=O)cc2)c(CO)c1OCc1cccc(C(=N)N)c1. The molecule has 0 aliphatic rings. The zero-order valence-corrected chi connectivity index (χ0v) is 46.0. The zero-order valence-electron chi connectivity index (χ0n) is 44.4. The minimum Gasteiger partial charge on any atom is -0.487 e. The molecule has 17 nitrogen and oxygen atoms in total. The number of nitriles is 1. The number of pyridine rings is 2. The lowest BCUT2D eigenvalue weighted by Crippen LogP contribution is -2.40. The molecule has 0 spiro atoms. The minimum absolute atomic E-state index is 0.0181. The first-order valence-corrected chi connectivity index (χ1v) is 28.0. The molecule has 10 N–H and O–H groups in total. The molecule has 19 heteroatoms. The van der Waals surface area contributed by atoms with Gasteiger partial charge in [-0.15, -0.1) is 0 Å². The summed E-state index contributed by atoms with van der Waals surface area (Å²) in [7, 11) is -7.57. The topological polar surface area (TPSA) is 289 Å². The van der Waals surface area contributed by atoms with Crippen molar-refractivity contribution in [1.82, 2.24) is 14.7 Å². The van der Waals surface area contributed by atoms with E-state index in [1.165, 1.54) is 6.07 Å². The highest BCUT2D eigenvalue weighted by molar-refractivity contribution is 7.89. The van der Waals surface area contributed by atoms with Crippen LogP contribution in [0.4, 0.5) is 11.4 Å². The number of sulfonamides is 2. The van der Waals surface area contributed by atoms with E-state index >= 15 is 0 Å². The van der Waals surface area contributed by atoms with Gasteiger partial charge in [0.25, 0.3) is 0 Å². The Morgan fingerprint density at radius 2 is 1.10 bits per heavy atom. The normalized spacial score (nSPS) is 11.4. The van der Waals surface area contributed by atoms with E-state index in [9.17, 15) is 27.0 Å². The predicted octanol–water partition coefficient (Wildman–Crippen LogP) is 9.36. The number of nitrogens with two attached hydrogens (primary N) is 2. The van der Waals surface area contributed by atoms with E-state index in [0.717, 1.165) is 44.8 Å². The Bertz CT molecular complexity index is 3730. The number of hydrogen-bond acceptors (Lipinski definition) is 14. The predicted molar refractivity (Wildman–Crippen MR) is 307 cm³/mol. The largest absolute Gasteiger partial charge is 0.487 e. The number of benzene rings is 6. The Balaban J connectivity index is 0.000000229. The number of nitrogens with zero attached hydrogens (tertiary/aromatic N) is 3. The van der Waals surface area contributed by atoms with Gasteiger partial charge in [0, 0.05) is 70.2 Å². The molecule has 0 amide bonds. The summed E-state index contributed by atoms with van der Waals surface area (Å²) in [5, 5.41) is 49.1. The number of aromatic nitrogens is 2. The first kappa shape index (κ1) is 58.2. The van der Waals surface area contributed by atoms with Gasteiger partial charge in [0.15, 0.2) is 0 Å². The molecule has 0 aliphatic heterocycles. The molecule has 0 saturated carbocycles. The summed E-state index contributed by atoms with van der Waals surface area (Å²) in [6, 6.07) is 44.9. The lowest BCUT2D eigenvalue weighted by Gasteiger charge is -2.21. The summed E-state index contributed by atoms with van der Waals surface area (Å²) < 4.78 is 64.9. The number of hydrogen-bond donors (Lipinski definition) is 8. The van der Waals surface area contributed by atoms with Gasteiger partial charge in [0.1, 0.15) is 30.5 Å². The molecule has 6 aromatic carbocycles. The number of aryl methyl sites for hydroxylation is 2. The van der Waals surface area contributed by atoms with Crippen molar-refractivity contribution in [3.63, 3.8) is 0 Å². The number of ether oxygens (including phenoxy) is 2. The van der Waals surface area contributed by atoms with Crippen LogP contribution in [0.2, 0.25) is 0 Å². The third-order valence-electron chi connectivity index (χ3n) is 12.4. The maximum atomic E-state index is 13.1. The van der Waals surface area contributed by atoms with Crippen LogP contribution in [0.15, 0.2) is 168 Å². The van der Waals surface area contributed by atoms with Crippen molar-refractivity contribution in [3.05, 3.63) is 214 Å². The molecule has 0 aliphatic carbocycles. The first-order chi connectivity index (χ1) is 37.7. The van der Waals surface area contributed by atoms with Gasteiger partial charge in [-0.3, -0.25) is 15.4 Å². The summed E-state index contributed by atoms with van der Waals surface area (Å²) in [6.45, 7) is 9.86. The van der Waals surface area contributed by atoms with Crippen LogP contribution in [0.25, 0.3) is 22.3 Å². The van der Waals surface area contributed by atoms with Crippen molar-refractivity contribution in [2.45, 2.75) is 89.5 Å². The molecular formula is C60H63N9O8S2. The molecule has 2 aromatic heterocycles. The summed E-state index contributed by atoms with van der Waals surface area (Å²) in [4.78, 5) is 9.20. The fourth-order valence-corrected chi connectivity index (χ4v) is 10.9. The van der Waals surface area contributed by atoms with Crippen molar-refractivity contribution in [2.24, 2.45) is 10.9 Å². The standard InChI is InChI=1S/C32H34N4O4S.C28H29N5O4S/c1-22-31(40-21-24-9-7-8-23(16-24)17-33)29(20-37)26(18-34-22)19-35-27-14-12-25(13-15-27)28-10-5-6-11-30(28)41(38,39)36-32(2,3)4;1-18-27(37-17-19-5-4-6-21(13-19)28(29)30)25(16-34)22(14-32-18)15-33-23-11-9-20(10-12-23)24-7-2-3-8-26(24)38(31,35)36/h5-16,18,35-37H,19-21H2,1-4H3;2-14,33-34H,15-17H2,1H3,(H3,29,30)(H2,31,35,36). The second kappa shape index (κ2) is 25.8. The number of aliphatic hydroxyl groups excluding tert-OH is 2. The van der Waals surface area contributed by atoms with Crippen LogP contribution in [-0.4, -0.2) is 48.4 Å². The Hall–Kier alpha value is -8.48. The van der Waals surface area contributed by atoms with Crippen LogP contribution in [0.1, 0.15) is 76.7 Å². The van der Waals surface area contributed by atoms with Gasteiger partial charge in [-0.05, 0) is 123 Å². The fraction of sp³-hybridized carbons (Fsp3) is 0.200. The van der Waals surface area contributed by atoms with Crippen molar-refractivity contribution in [1.29, 1.82) is 10.7 Å². The molecule has 0 bridgehead atoms. The number of anilines is 2. The van der Waals surface area contributed by atoms with Gasteiger partial charge in [0.05, 0.1) is 46.0 Å². The van der Waals surface area contributed by atoms with Gasteiger partial charge in [-0.2, -0.15) is 5.26 Å². The first-order valence-electron chi connectivity index (χ1n) is 25.0. The second-order valence-electron chi connectivity index (χ2n) is 19.4. The minimum atomic E-state index is -3.86. The van der Waals surface area contributed by atoms with Gasteiger partial charge in [-0.25, -0.2) is 26.7 Å². The van der Waals surface area contributed by atoms with Crippen molar-refractivity contribution < 1.29 is 36.5 Å². The highest BCUT2D eigenvalue weighted by atomic mass is 32.2. The van der Waals surface area contributed by atoms with Crippen LogP contribution in [0.3, 0.4) is 0 Å². The van der Waals surface area contributed by atoms with Gasteiger partial charge in [0.2, 0.25) is 20.0 Å². The maximum absolute atomic E-state index is 13.1. The molecule has 2 heterocycles. The summed E-state index contributed by atoms with van der Waals surface area (Å²) >= 11 is 0. The number of aliphatic hydroxyl groups is 2. The van der Waals surface area contributed by atoms with E-state index in [4.69, 9.17) is 31.0 Å². The van der Waals surface area contributed by atoms with Gasteiger partial charge in [-0.1, -0.05) is 91.0 Å². The average Bonchev–Trinajstić information content (AvgIpc) is 3.45. The van der Waals surface area contributed by atoms with E-state index < -0.39 is 25.6 Å². The quantitative estimate of drug-likeness (QED) is 0.0261. The van der Waals surface area contributed by atoms with Crippen molar-refractivity contribution in [2.75, 3.05) is 10.6 Å². The maximum Gasteiger partial charge on any atom is 0.241 e. The van der Waals surface area contributed by atoms with Gasteiger partial charge < -0.3 is 36.1 Å². The van der Waals surface area contributed by atoms with Crippen molar-refractivity contribution >= 4 is 37.3 Å². The van der Waals surface area contributed by atoms with Crippen LogP contribution in [-0.2, 0) is 59.6 Å². The van der Waals surface area contributed by atoms with E-state index in [-0.39, 0.29) is 42.1 Å². The Morgan fingerprint density at radius 1 is 0.646 bits per heavy atom. The summed E-state index contributed by atoms with van der Waals surface area (Å²) in [5.74, 6) is 1.01. The molecule has 8 rings (SSSR count). The Labute approximate surface area is 461 Å². The lowest BCUT2D eigenvalue weighted by molar-refractivity contribution is 0.255. The lowest BCUT2D eigenvalue weighted by atomic mass is 10.0. The number of nitrogens with one attached hydrogen (secondary N) is 4. The molecule has 408 valence electrons.